The third kappa shape index (κ3) is 6.03. The molecular formula is C13H27N3O. The Hall–Kier alpha value is -0.610. The van der Waals surface area contributed by atoms with E-state index in [9.17, 15) is 4.79 Å². The van der Waals surface area contributed by atoms with Gasteiger partial charge in [0.15, 0.2) is 0 Å². The largest absolute Gasteiger partial charge is 0.355 e. The molecule has 3 N–H and O–H groups in total. The molecule has 1 amide bonds. The highest BCUT2D eigenvalue weighted by atomic mass is 16.1. The number of amides is 1. The number of hydrogen-bond donors (Lipinski definition) is 2. The van der Waals surface area contributed by atoms with Gasteiger partial charge in [0.1, 0.15) is 0 Å². The minimum absolute atomic E-state index is 0.0232. The second-order valence-corrected chi connectivity index (χ2v) is 5.36. The fourth-order valence-corrected chi connectivity index (χ4v) is 2.06. The smallest absolute Gasteiger partial charge is 0.221 e. The molecule has 4 nitrogen and oxygen atoms in total. The van der Waals surface area contributed by atoms with E-state index in [0.717, 1.165) is 13.1 Å². The van der Waals surface area contributed by atoms with E-state index < -0.39 is 0 Å². The Bertz CT molecular complexity index is 225. The first kappa shape index (κ1) is 14.5. The number of nitrogens with two attached hydrogens (primary N) is 1. The fraction of sp³-hybridized carbons (Fsp3) is 0.923. The van der Waals surface area contributed by atoms with Crippen molar-refractivity contribution >= 4 is 5.91 Å². The van der Waals surface area contributed by atoms with Crippen LogP contribution in [0, 0.1) is 5.92 Å². The van der Waals surface area contributed by atoms with Gasteiger partial charge in [-0.1, -0.05) is 20.3 Å². The van der Waals surface area contributed by atoms with Crippen molar-refractivity contribution in [3.8, 4) is 0 Å². The molecule has 0 aromatic carbocycles. The SMILES string of the molecule is CC(C)C(N)CC(=O)NCCN1CCCCC1. The molecule has 1 aliphatic heterocycles. The molecule has 100 valence electrons. The van der Waals surface area contributed by atoms with Crippen molar-refractivity contribution in [2.75, 3.05) is 26.2 Å². The van der Waals surface area contributed by atoms with Gasteiger partial charge in [0.05, 0.1) is 0 Å². The van der Waals surface area contributed by atoms with Crippen LogP contribution < -0.4 is 11.1 Å². The first-order valence-electron chi connectivity index (χ1n) is 6.84. The van der Waals surface area contributed by atoms with Crippen LogP contribution in [-0.2, 0) is 4.79 Å². The summed E-state index contributed by atoms with van der Waals surface area (Å²) < 4.78 is 0. The molecular weight excluding hydrogens is 214 g/mol. The highest BCUT2D eigenvalue weighted by molar-refractivity contribution is 5.76. The van der Waals surface area contributed by atoms with Gasteiger partial charge >= 0.3 is 0 Å². The van der Waals surface area contributed by atoms with Crippen LogP contribution in [0.2, 0.25) is 0 Å². The van der Waals surface area contributed by atoms with Crippen LogP contribution in [0.4, 0.5) is 0 Å². The topological polar surface area (TPSA) is 58.4 Å². The van der Waals surface area contributed by atoms with Gasteiger partial charge in [-0.2, -0.15) is 0 Å². The summed E-state index contributed by atoms with van der Waals surface area (Å²) in [6.45, 7) is 8.19. The average Bonchev–Trinajstić information content (AvgIpc) is 2.30. The monoisotopic (exact) mass is 241 g/mol. The lowest BCUT2D eigenvalue weighted by Gasteiger charge is -2.26. The number of carbonyl (C=O) groups excluding carboxylic acids is 1. The van der Waals surface area contributed by atoms with Gasteiger partial charge in [-0.15, -0.1) is 0 Å². The zero-order chi connectivity index (χ0) is 12.7. The van der Waals surface area contributed by atoms with Gasteiger partial charge in [-0.25, -0.2) is 0 Å². The van der Waals surface area contributed by atoms with Crippen molar-refractivity contribution in [2.24, 2.45) is 11.7 Å². The number of nitrogens with one attached hydrogen (secondary N) is 1. The number of hydrogen-bond acceptors (Lipinski definition) is 3. The Morgan fingerprint density at radius 1 is 1.29 bits per heavy atom. The van der Waals surface area contributed by atoms with E-state index in [1.165, 1.54) is 32.4 Å². The number of carbonyl (C=O) groups is 1. The molecule has 0 bridgehead atoms. The first-order chi connectivity index (χ1) is 8.09. The second kappa shape index (κ2) is 7.67. The number of rotatable bonds is 6. The van der Waals surface area contributed by atoms with Crippen LogP contribution >= 0.6 is 0 Å². The molecule has 0 aliphatic carbocycles. The predicted molar refractivity (Wildman–Crippen MR) is 70.7 cm³/mol. The molecule has 1 rings (SSSR count). The van der Waals surface area contributed by atoms with Gasteiger partial charge < -0.3 is 16.0 Å². The molecule has 0 radical (unpaired) electrons. The first-order valence-corrected chi connectivity index (χ1v) is 6.84. The maximum absolute atomic E-state index is 11.6. The normalized spacial score (nSPS) is 19.3. The maximum atomic E-state index is 11.6. The van der Waals surface area contributed by atoms with Crippen molar-refractivity contribution in [2.45, 2.75) is 45.6 Å². The Labute approximate surface area is 105 Å². The van der Waals surface area contributed by atoms with Crippen LogP contribution in [0.15, 0.2) is 0 Å². The van der Waals surface area contributed by atoms with Crippen LogP contribution in [0.25, 0.3) is 0 Å². The number of likely N-dealkylation sites (tertiary alicyclic amines) is 1. The fourth-order valence-electron chi connectivity index (χ4n) is 2.06. The number of piperidine rings is 1. The summed E-state index contributed by atoms with van der Waals surface area (Å²) in [6, 6.07) is -0.0232. The van der Waals surface area contributed by atoms with Gasteiger partial charge in [-0.3, -0.25) is 4.79 Å². The predicted octanol–water partition coefficient (Wildman–Crippen LogP) is 0.962. The van der Waals surface area contributed by atoms with Crippen molar-refractivity contribution in [1.82, 2.24) is 10.2 Å². The third-order valence-corrected chi connectivity index (χ3v) is 3.48. The molecule has 17 heavy (non-hydrogen) atoms. The molecule has 0 saturated carbocycles. The molecule has 1 aliphatic rings. The molecule has 1 atom stereocenters. The lowest BCUT2D eigenvalue weighted by molar-refractivity contribution is -0.121. The molecule has 1 fully saturated rings. The summed E-state index contributed by atoms with van der Waals surface area (Å²) in [5, 5.41) is 2.96. The highest BCUT2D eigenvalue weighted by Crippen LogP contribution is 2.07. The van der Waals surface area contributed by atoms with E-state index in [-0.39, 0.29) is 11.9 Å². The zero-order valence-electron chi connectivity index (χ0n) is 11.2. The van der Waals surface area contributed by atoms with Crippen molar-refractivity contribution < 1.29 is 4.79 Å². The molecule has 1 heterocycles. The Morgan fingerprint density at radius 3 is 2.53 bits per heavy atom. The Morgan fingerprint density at radius 2 is 1.94 bits per heavy atom. The van der Waals surface area contributed by atoms with Gasteiger partial charge in [0, 0.05) is 25.6 Å². The molecule has 0 spiro atoms. The van der Waals surface area contributed by atoms with Crippen molar-refractivity contribution in [1.29, 1.82) is 0 Å². The van der Waals surface area contributed by atoms with E-state index in [2.05, 4.69) is 10.2 Å². The maximum Gasteiger partial charge on any atom is 0.221 e. The van der Waals surface area contributed by atoms with Crippen LogP contribution in [0.1, 0.15) is 39.5 Å². The zero-order valence-corrected chi connectivity index (χ0v) is 11.2. The third-order valence-electron chi connectivity index (χ3n) is 3.48. The highest BCUT2D eigenvalue weighted by Gasteiger charge is 2.13. The molecule has 1 unspecified atom stereocenters. The number of nitrogens with zero attached hydrogens (tertiary/aromatic N) is 1. The van der Waals surface area contributed by atoms with Crippen LogP contribution in [0.3, 0.4) is 0 Å². The quantitative estimate of drug-likeness (QED) is 0.728. The summed E-state index contributed by atoms with van der Waals surface area (Å²) in [5.74, 6) is 0.450. The Balaban J connectivity index is 2.07. The second-order valence-electron chi connectivity index (χ2n) is 5.36. The lowest BCUT2D eigenvalue weighted by Crippen LogP contribution is -2.40. The summed E-state index contributed by atoms with van der Waals surface area (Å²) in [5.41, 5.74) is 5.86. The molecule has 4 heteroatoms. The summed E-state index contributed by atoms with van der Waals surface area (Å²) in [4.78, 5) is 14.0. The van der Waals surface area contributed by atoms with E-state index in [0.29, 0.717) is 12.3 Å². The van der Waals surface area contributed by atoms with E-state index in [1.807, 2.05) is 13.8 Å². The summed E-state index contributed by atoms with van der Waals surface area (Å²) >= 11 is 0. The van der Waals surface area contributed by atoms with Gasteiger partial charge in [0.25, 0.3) is 0 Å². The minimum Gasteiger partial charge on any atom is -0.355 e. The van der Waals surface area contributed by atoms with Gasteiger partial charge in [-0.05, 0) is 31.8 Å². The summed E-state index contributed by atoms with van der Waals surface area (Å²) in [6.07, 6.45) is 4.39. The standard InChI is InChI=1S/C13H27N3O/c1-11(2)12(14)10-13(17)15-6-9-16-7-4-3-5-8-16/h11-12H,3-10,14H2,1-2H3,(H,15,17). The van der Waals surface area contributed by atoms with Crippen molar-refractivity contribution in [3.05, 3.63) is 0 Å². The molecule has 1 saturated heterocycles. The average molecular weight is 241 g/mol. The van der Waals surface area contributed by atoms with E-state index in [4.69, 9.17) is 5.73 Å². The lowest BCUT2D eigenvalue weighted by atomic mass is 10.0. The molecule has 0 aromatic heterocycles. The minimum atomic E-state index is -0.0232. The van der Waals surface area contributed by atoms with Crippen LogP contribution in [0.5, 0.6) is 0 Å². The molecule has 0 aromatic rings. The van der Waals surface area contributed by atoms with E-state index >= 15 is 0 Å². The Kier molecular flexibility index (Phi) is 6.52. The van der Waals surface area contributed by atoms with Crippen LogP contribution in [-0.4, -0.2) is 43.0 Å². The van der Waals surface area contributed by atoms with Crippen molar-refractivity contribution in [3.63, 3.8) is 0 Å². The van der Waals surface area contributed by atoms with E-state index in [1.54, 1.807) is 0 Å². The summed E-state index contributed by atoms with van der Waals surface area (Å²) in [7, 11) is 0. The van der Waals surface area contributed by atoms with Gasteiger partial charge in [0.2, 0.25) is 5.91 Å².